The van der Waals surface area contributed by atoms with Crippen molar-refractivity contribution in [3.05, 3.63) is 46.2 Å². The number of aryl methyl sites for hydroxylation is 1. The quantitative estimate of drug-likeness (QED) is 0.766. The van der Waals surface area contributed by atoms with Gasteiger partial charge in [-0.1, -0.05) is 12.1 Å². The zero-order valence-corrected chi connectivity index (χ0v) is 17.0. The Morgan fingerprint density at radius 1 is 1.33 bits per heavy atom. The van der Waals surface area contributed by atoms with Crippen LogP contribution in [-0.4, -0.2) is 23.0 Å². The third-order valence-electron chi connectivity index (χ3n) is 5.46. The molecule has 2 atom stereocenters. The molecule has 0 spiro atoms. The molecule has 2 aliphatic heterocycles. The fraction of sp³-hybridized carbons (Fsp3) is 0.500. The van der Waals surface area contributed by atoms with Crippen LogP contribution >= 0.6 is 23.7 Å². The number of nitrogens with zero attached hydrogens (tertiary/aromatic N) is 1. The number of aromatic nitrogens is 1. The van der Waals surface area contributed by atoms with Crippen LogP contribution in [0.3, 0.4) is 0 Å². The molecule has 146 valence electrons. The van der Waals surface area contributed by atoms with E-state index < -0.39 is 0 Å². The molecule has 2 aliphatic rings. The number of benzene rings is 1. The molecule has 3 heterocycles. The normalized spacial score (nSPS) is 23.7. The van der Waals surface area contributed by atoms with Crippen molar-refractivity contribution in [2.24, 2.45) is 5.92 Å². The lowest BCUT2D eigenvalue weighted by Crippen LogP contribution is -2.39. The fourth-order valence-electron chi connectivity index (χ4n) is 4.17. The number of amides is 1. The van der Waals surface area contributed by atoms with Gasteiger partial charge in [-0.05, 0) is 55.7 Å². The van der Waals surface area contributed by atoms with Crippen LogP contribution in [0.4, 0.5) is 9.52 Å². The molecule has 2 saturated heterocycles. The van der Waals surface area contributed by atoms with Crippen molar-refractivity contribution in [3.63, 3.8) is 0 Å². The van der Waals surface area contributed by atoms with Gasteiger partial charge in [0.1, 0.15) is 5.82 Å². The first kappa shape index (κ1) is 20.2. The molecule has 2 bridgehead atoms. The Morgan fingerprint density at radius 2 is 2.07 bits per heavy atom. The van der Waals surface area contributed by atoms with Gasteiger partial charge in [0.15, 0.2) is 5.13 Å². The van der Waals surface area contributed by atoms with Crippen molar-refractivity contribution in [3.8, 4) is 0 Å². The molecule has 2 N–H and O–H groups in total. The number of anilines is 1. The van der Waals surface area contributed by atoms with E-state index in [0.717, 1.165) is 23.3 Å². The molecule has 2 unspecified atom stereocenters. The monoisotopic (exact) mass is 409 g/mol. The van der Waals surface area contributed by atoms with Crippen molar-refractivity contribution in [1.82, 2.24) is 10.3 Å². The Balaban J connectivity index is 0.00000210. The maximum absolute atomic E-state index is 13.7. The van der Waals surface area contributed by atoms with Gasteiger partial charge in [-0.2, -0.15) is 0 Å². The van der Waals surface area contributed by atoms with E-state index in [1.54, 1.807) is 25.3 Å². The SMILES string of the molecule is Cc1ccc(Cc2cnc(NC(=O)CC3CC4CCC(C3)N4)s2)cc1F.Cl. The Labute approximate surface area is 169 Å². The summed E-state index contributed by atoms with van der Waals surface area (Å²) in [7, 11) is 0. The van der Waals surface area contributed by atoms with Gasteiger partial charge in [-0.15, -0.1) is 23.7 Å². The number of halogens is 2. The minimum absolute atomic E-state index is 0. The van der Waals surface area contributed by atoms with Gasteiger partial charge in [0.05, 0.1) is 0 Å². The number of nitrogens with one attached hydrogen (secondary N) is 2. The average Bonchev–Trinajstić information content (AvgIpc) is 3.17. The summed E-state index contributed by atoms with van der Waals surface area (Å²) >= 11 is 1.46. The molecule has 2 fully saturated rings. The zero-order valence-electron chi connectivity index (χ0n) is 15.3. The number of carbonyl (C=O) groups excluding carboxylic acids is 1. The van der Waals surface area contributed by atoms with Crippen LogP contribution in [-0.2, 0) is 11.2 Å². The predicted octanol–water partition coefficient (Wildman–Crippen LogP) is 4.46. The molecule has 0 saturated carbocycles. The van der Waals surface area contributed by atoms with E-state index in [0.29, 0.717) is 41.5 Å². The Kier molecular flexibility index (Phi) is 6.50. The molecule has 1 amide bonds. The lowest BCUT2D eigenvalue weighted by atomic mass is 9.89. The second-order valence-electron chi connectivity index (χ2n) is 7.62. The molecule has 27 heavy (non-hydrogen) atoms. The molecule has 1 aromatic carbocycles. The van der Waals surface area contributed by atoms with Gasteiger partial charge >= 0.3 is 0 Å². The number of piperidine rings is 1. The maximum Gasteiger partial charge on any atom is 0.226 e. The van der Waals surface area contributed by atoms with Crippen LogP contribution < -0.4 is 10.6 Å². The summed E-state index contributed by atoms with van der Waals surface area (Å²) in [6.45, 7) is 1.76. The lowest BCUT2D eigenvalue weighted by molar-refractivity contribution is -0.117. The van der Waals surface area contributed by atoms with Gasteiger partial charge in [0.25, 0.3) is 0 Å². The van der Waals surface area contributed by atoms with Crippen molar-refractivity contribution >= 4 is 34.8 Å². The Morgan fingerprint density at radius 3 is 2.78 bits per heavy atom. The average molecular weight is 410 g/mol. The minimum atomic E-state index is -0.184. The summed E-state index contributed by atoms with van der Waals surface area (Å²) in [6.07, 6.45) is 7.67. The highest BCUT2D eigenvalue weighted by atomic mass is 35.5. The third-order valence-corrected chi connectivity index (χ3v) is 6.37. The molecular weight excluding hydrogens is 385 g/mol. The van der Waals surface area contributed by atoms with E-state index in [-0.39, 0.29) is 24.1 Å². The third kappa shape index (κ3) is 5.06. The van der Waals surface area contributed by atoms with E-state index >= 15 is 0 Å². The second-order valence-corrected chi connectivity index (χ2v) is 8.73. The molecule has 0 radical (unpaired) electrons. The first-order valence-electron chi connectivity index (χ1n) is 9.31. The zero-order chi connectivity index (χ0) is 18.1. The molecule has 4 nitrogen and oxygen atoms in total. The van der Waals surface area contributed by atoms with Gasteiger partial charge in [0.2, 0.25) is 5.91 Å². The summed E-state index contributed by atoms with van der Waals surface area (Å²) < 4.78 is 13.7. The molecule has 1 aromatic heterocycles. The predicted molar refractivity (Wildman–Crippen MR) is 109 cm³/mol. The van der Waals surface area contributed by atoms with Gasteiger partial charge in [-0.3, -0.25) is 4.79 Å². The summed E-state index contributed by atoms with van der Waals surface area (Å²) in [5.41, 5.74) is 1.57. The van der Waals surface area contributed by atoms with Crippen LogP contribution in [0.2, 0.25) is 0 Å². The van der Waals surface area contributed by atoms with Crippen LogP contribution in [0.25, 0.3) is 0 Å². The highest BCUT2D eigenvalue weighted by Crippen LogP contribution is 2.33. The molecular formula is C20H25ClFN3OS. The van der Waals surface area contributed by atoms with Crippen molar-refractivity contribution in [2.45, 2.75) is 57.5 Å². The topological polar surface area (TPSA) is 54.0 Å². The van der Waals surface area contributed by atoms with Crippen molar-refractivity contribution < 1.29 is 9.18 Å². The highest BCUT2D eigenvalue weighted by molar-refractivity contribution is 7.15. The first-order valence-corrected chi connectivity index (χ1v) is 10.1. The number of fused-ring (bicyclic) bond motifs is 2. The second kappa shape index (κ2) is 8.67. The maximum atomic E-state index is 13.7. The van der Waals surface area contributed by atoms with Crippen LogP contribution in [0.15, 0.2) is 24.4 Å². The Bertz CT molecular complexity index is 800. The first-order chi connectivity index (χ1) is 12.5. The van der Waals surface area contributed by atoms with Crippen LogP contribution in [0, 0.1) is 18.7 Å². The van der Waals surface area contributed by atoms with E-state index in [9.17, 15) is 9.18 Å². The number of hydrogen-bond donors (Lipinski definition) is 2. The smallest absolute Gasteiger partial charge is 0.226 e. The van der Waals surface area contributed by atoms with Crippen LogP contribution in [0.1, 0.15) is 48.1 Å². The molecule has 7 heteroatoms. The summed E-state index contributed by atoms with van der Waals surface area (Å²) in [4.78, 5) is 17.7. The van der Waals surface area contributed by atoms with Crippen molar-refractivity contribution in [2.75, 3.05) is 5.32 Å². The molecule has 2 aromatic rings. The summed E-state index contributed by atoms with van der Waals surface area (Å²) in [5.74, 6) is 0.346. The van der Waals surface area contributed by atoms with Gasteiger partial charge < -0.3 is 10.6 Å². The Hall–Kier alpha value is -1.50. The van der Waals surface area contributed by atoms with E-state index in [1.165, 1.54) is 24.2 Å². The number of thiazole rings is 1. The number of rotatable bonds is 5. The van der Waals surface area contributed by atoms with Crippen LogP contribution in [0.5, 0.6) is 0 Å². The number of hydrogen-bond acceptors (Lipinski definition) is 4. The van der Waals surface area contributed by atoms with E-state index in [4.69, 9.17) is 0 Å². The molecule has 0 aliphatic carbocycles. The van der Waals surface area contributed by atoms with Gasteiger partial charge in [0, 0.05) is 36.0 Å². The summed E-state index contributed by atoms with van der Waals surface area (Å²) in [6, 6.07) is 6.50. The van der Waals surface area contributed by atoms with Crippen molar-refractivity contribution in [1.29, 1.82) is 0 Å². The standard InChI is InChI=1S/C20H24FN3OS.ClH/c1-12-2-3-13(9-18(12)21)8-17-11-22-20(26-17)24-19(25)10-14-6-15-4-5-16(7-14)23-15;/h2-3,9,11,14-16,23H,4-8,10H2,1H3,(H,22,24,25);1H. The number of carbonyl (C=O) groups is 1. The van der Waals surface area contributed by atoms with E-state index in [1.807, 2.05) is 6.07 Å². The summed E-state index contributed by atoms with van der Waals surface area (Å²) in [5, 5.41) is 7.18. The van der Waals surface area contributed by atoms with E-state index in [2.05, 4.69) is 15.6 Å². The lowest BCUT2D eigenvalue weighted by Gasteiger charge is -2.28. The largest absolute Gasteiger partial charge is 0.311 e. The minimum Gasteiger partial charge on any atom is -0.311 e. The fourth-order valence-corrected chi connectivity index (χ4v) is 5.03. The molecule has 4 rings (SSSR count). The highest BCUT2D eigenvalue weighted by Gasteiger charge is 2.34. The van der Waals surface area contributed by atoms with Gasteiger partial charge in [-0.25, -0.2) is 9.37 Å².